The van der Waals surface area contributed by atoms with Crippen LogP contribution < -0.4 is 0 Å². The molecule has 2 rings (SSSR count). The van der Waals surface area contributed by atoms with Crippen LogP contribution in [0.3, 0.4) is 0 Å². The van der Waals surface area contributed by atoms with E-state index in [2.05, 4.69) is 10.00 Å². The van der Waals surface area contributed by atoms with Crippen molar-refractivity contribution in [3.05, 3.63) is 17.5 Å². The molecule has 0 radical (unpaired) electrons. The van der Waals surface area contributed by atoms with Gasteiger partial charge in [0.15, 0.2) is 0 Å². The van der Waals surface area contributed by atoms with Gasteiger partial charge in [-0.25, -0.2) is 0 Å². The molecule has 1 aliphatic heterocycles. The van der Waals surface area contributed by atoms with Gasteiger partial charge in [-0.3, -0.25) is 14.4 Å². The Balaban J connectivity index is 1.85. The Morgan fingerprint density at radius 1 is 1.35 bits per heavy atom. The molecule has 1 amide bonds. The Kier molecular flexibility index (Phi) is 6.56. The second-order valence-corrected chi connectivity index (χ2v) is 5.89. The standard InChI is InChI=1S/C16H28N4O3/c1-4-20-15(10-13(3)17-20)16(22)19-8-6-18(7-9-19)11-14(21)12-23-5-2/h10,14,21H,4-9,11-12H2,1-3H3/t14-/m1/s1. The Morgan fingerprint density at radius 3 is 2.65 bits per heavy atom. The average molecular weight is 324 g/mol. The van der Waals surface area contributed by atoms with Gasteiger partial charge in [0.1, 0.15) is 5.69 Å². The molecule has 1 aromatic rings. The molecule has 2 heterocycles. The number of aryl methyl sites for hydroxylation is 2. The van der Waals surface area contributed by atoms with Gasteiger partial charge in [-0.1, -0.05) is 0 Å². The second kappa shape index (κ2) is 8.42. The summed E-state index contributed by atoms with van der Waals surface area (Å²) in [5.74, 6) is 0.0435. The Labute approximate surface area is 137 Å². The number of piperazine rings is 1. The van der Waals surface area contributed by atoms with Crippen LogP contribution in [0.4, 0.5) is 0 Å². The van der Waals surface area contributed by atoms with Gasteiger partial charge < -0.3 is 14.7 Å². The average Bonchev–Trinajstić information content (AvgIpc) is 2.94. The topological polar surface area (TPSA) is 70.8 Å². The monoisotopic (exact) mass is 324 g/mol. The summed E-state index contributed by atoms with van der Waals surface area (Å²) >= 11 is 0. The molecule has 0 aromatic carbocycles. The first-order valence-corrected chi connectivity index (χ1v) is 8.37. The van der Waals surface area contributed by atoms with Gasteiger partial charge >= 0.3 is 0 Å². The van der Waals surface area contributed by atoms with E-state index >= 15 is 0 Å². The zero-order chi connectivity index (χ0) is 16.8. The molecule has 1 atom stereocenters. The van der Waals surface area contributed by atoms with E-state index < -0.39 is 6.10 Å². The Morgan fingerprint density at radius 2 is 2.04 bits per heavy atom. The summed E-state index contributed by atoms with van der Waals surface area (Å²) in [4.78, 5) is 16.7. The first-order chi connectivity index (χ1) is 11.0. The molecule has 0 spiro atoms. The minimum atomic E-state index is -0.471. The van der Waals surface area contributed by atoms with E-state index in [0.29, 0.717) is 45.1 Å². The minimum absolute atomic E-state index is 0.0435. The molecular formula is C16H28N4O3. The summed E-state index contributed by atoms with van der Waals surface area (Å²) in [7, 11) is 0. The molecule has 1 fully saturated rings. The molecule has 7 nitrogen and oxygen atoms in total. The van der Waals surface area contributed by atoms with Gasteiger partial charge in [0, 0.05) is 45.9 Å². The highest BCUT2D eigenvalue weighted by atomic mass is 16.5. The second-order valence-electron chi connectivity index (χ2n) is 5.89. The van der Waals surface area contributed by atoms with E-state index in [1.54, 1.807) is 4.68 Å². The summed E-state index contributed by atoms with van der Waals surface area (Å²) in [6.45, 7) is 11.0. The van der Waals surface area contributed by atoms with E-state index in [0.717, 1.165) is 18.8 Å². The molecule has 1 aliphatic rings. The highest BCUT2D eigenvalue weighted by molar-refractivity contribution is 5.92. The number of carbonyl (C=O) groups excluding carboxylic acids is 1. The molecule has 0 aliphatic carbocycles. The summed E-state index contributed by atoms with van der Waals surface area (Å²) in [6, 6.07) is 1.85. The fraction of sp³-hybridized carbons (Fsp3) is 0.750. The van der Waals surface area contributed by atoms with Gasteiger partial charge in [-0.15, -0.1) is 0 Å². The number of aliphatic hydroxyl groups is 1. The molecule has 1 N–H and O–H groups in total. The zero-order valence-electron chi connectivity index (χ0n) is 14.4. The van der Waals surface area contributed by atoms with Crippen molar-refractivity contribution < 1.29 is 14.6 Å². The lowest BCUT2D eigenvalue weighted by molar-refractivity contribution is 0.0110. The molecule has 1 aromatic heterocycles. The van der Waals surface area contributed by atoms with Crippen molar-refractivity contribution >= 4 is 5.91 Å². The van der Waals surface area contributed by atoms with Gasteiger partial charge in [0.25, 0.3) is 5.91 Å². The Bertz CT molecular complexity index is 509. The molecule has 0 unspecified atom stereocenters. The van der Waals surface area contributed by atoms with E-state index in [1.807, 2.05) is 31.7 Å². The number of β-amino-alcohol motifs (C(OH)–C–C–N with tert-alkyl or cyclic N) is 1. The third kappa shape index (κ3) is 4.76. The van der Waals surface area contributed by atoms with Crippen LogP contribution in [0.15, 0.2) is 6.07 Å². The third-order valence-electron chi connectivity index (χ3n) is 4.06. The molecular weight excluding hydrogens is 296 g/mol. The quantitative estimate of drug-likeness (QED) is 0.784. The van der Waals surface area contributed by atoms with Gasteiger partial charge in [0.2, 0.25) is 0 Å². The maximum absolute atomic E-state index is 12.6. The van der Waals surface area contributed by atoms with Crippen LogP contribution in [-0.2, 0) is 11.3 Å². The van der Waals surface area contributed by atoms with Crippen molar-refractivity contribution in [1.29, 1.82) is 0 Å². The van der Waals surface area contributed by atoms with Crippen molar-refractivity contribution in [2.24, 2.45) is 0 Å². The number of aromatic nitrogens is 2. The highest BCUT2D eigenvalue weighted by Gasteiger charge is 2.25. The van der Waals surface area contributed by atoms with E-state index in [1.165, 1.54) is 0 Å². The molecule has 130 valence electrons. The maximum Gasteiger partial charge on any atom is 0.272 e. The van der Waals surface area contributed by atoms with Crippen LogP contribution in [0.1, 0.15) is 30.0 Å². The smallest absolute Gasteiger partial charge is 0.272 e. The van der Waals surface area contributed by atoms with Gasteiger partial charge in [0.05, 0.1) is 18.4 Å². The van der Waals surface area contributed by atoms with Crippen LogP contribution in [-0.4, -0.2) is 82.6 Å². The van der Waals surface area contributed by atoms with E-state index in [4.69, 9.17) is 4.74 Å². The molecule has 23 heavy (non-hydrogen) atoms. The van der Waals surface area contributed by atoms with E-state index in [-0.39, 0.29) is 5.91 Å². The third-order valence-corrected chi connectivity index (χ3v) is 4.06. The maximum atomic E-state index is 12.6. The molecule has 0 saturated carbocycles. The zero-order valence-corrected chi connectivity index (χ0v) is 14.4. The van der Waals surface area contributed by atoms with Crippen molar-refractivity contribution in [2.75, 3.05) is 45.9 Å². The van der Waals surface area contributed by atoms with Crippen molar-refractivity contribution in [3.63, 3.8) is 0 Å². The first kappa shape index (κ1) is 17.9. The number of hydrogen-bond donors (Lipinski definition) is 1. The number of hydrogen-bond acceptors (Lipinski definition) is 5. The molecule has 1 saturated heterocycles. The lowest BCUT2D eigenvalue weighted by Gasteiger charge is -2.35. The lowest BCUT2D eigenvalue weighted by atomic mass is 10.2. The summed E-state index contributed by atoms with van der Waals surface area (Å²) in [6.07, 6.45) is -0.471. The largest absolute Gasteiger partial charge is 0.389 e. The highest BCUT2D eigenvalue weighted by Crippen LogP contribution is 2.11. The number of amides is 1. The van der Waals surface area contributed by atoms with Crippen LogP contribution in [0, 0.1) is 6.92 Å². The van der Waals surface area contributed by atoms with Gasteiger partial charge in [-0.2, -0.15) is 5.10 Å². The fourth-order valence-corrected chi connectivity index (χ4v) is 2.86. The van der Waals surface area contributed by atoms with Crippen molar-refractivity contribution in [2.45, 2.75) is 33.4 Å². The Hall–Kier alpha value is -1.44. The molecule has 7 heteroatoms. The van der Waals surface area contributed by atoms with Crippen LogP contribution in [0.2, 0.25) is 0 Å². The normalized spacial score (nSPS) is 17.5. The van der Waals surface area contributed by atoms with Crippen LogP contribution >= 0.6 is 0 Å². The van der Waals surface area contributed by atoms with Crippen LogP contribution in [0.5, 0.6) is 0 Å². The number of carbonyl (C=O) groups is 1. The summed E-state index contributed by atoms with van der Waals surface area (Å²) < 4.78 is 6.99. The summed E-state index contributed by atoms with van der Waals surface area (Å²) in [5.41, 5.74) is 1.53. The fourth-order valence-electron chi connectivity index (χ4n) is 2.86. The minimum Gasteiger partial charge on any atom is -0.389 e. The number of aliphatic hydroxyl groups excluding tert-OH is 1. The summed E-state index contributed by atoms with van der Waals surface area (Å²) in [5, 5.41) is 14.2. The lowest BCUT2D eigenvalue weighted by Crippen LogP contribution is -2.51. The predicted octanol–water partition coefficient (Wildman–Crippen LogP) is 0.367. The van der Waals surface area contributed by atoms with E-state index in [9.17, 15) is 9.90 Å². The SMILES string of the molecule is CCOC[C@H](O)CN1CCN(C(=O)c2cc(C)nn2CC)CC1. The van der Waals surface area contributed by atoms with Crippen LogP contribution in [0.25, 0.3) is 0 Å². The van der Waals surface area contributed by atoms with Crippen molar-refractivity contribution in [3.8, 4) is 0 Å². The van der Waals surface area contributed by atoms with Gasteiger partial charge in [-0.05, 0) is 26.8 Å². The predicted molar refractivity (Wildman–Crippen MR) is 87.5 cm³/mol. The number of ether oxygens (including phenoxy) is 1. The molecule has 0 bridgehead atoms. The number of nitrogens with zero attached hydrogens (tertiary/aromatic N) is 4. The number of rotatable bonds is 7. The first-order valence-electron chi connectivity index (χ1n) is 8.37. The van der Waals surface area contributed by atoms with Crippen molar-refractivity contribution in [1.82, 2.24) is 19.6 Å².